The summed E-state index contributed by atoms with van der Waals surface area (Å²) in [5.41, 5.74) is 0. The molecule has 5 heteroatoms. The summed E-state index contributed by atoms with van der Waals surface area (Å²) in [4.78, 5) is 14.2. The van der Waals surface area contributed by atoms with Crippen molar-refractivity contribution in [2.24, 2.45) is 0 Å². The molecule has 1 amide bonds. The fourth-order valence-corrected chi connectivity index (χ4v) is 2.38. The molecule has 0 spiro atoms. The second kappa shape index (κ2) is 7.45. The van der Waals surface area contributed by atoms with E-state index in [-0.39, 0.29) is 11.9 Å². The van der Waals surface area contributed by atoms with Crippen LogP contribution in [0.5, 0.6) is 0 Å². The van der Waals surface area contributed by atoms with E-state index in [4.69, 9.17) is 13.9 Å². The number of amides is 1. The van der Waals surface area contributed by atoms with Crippen molar-refractivity contribution in [2.45, 2.75) is 32.7 Å². The lowest BCUT2D eigenvalue weighted by atomic mass is 10.1. The molecule has 0 aromatic carbocycles. The first-order valence-electron chi connectivity index (χ1n) is 7.23. The number of rotatable bonds is 6. The van der Waals surface area contributed by atoms with Gasteiger partial charge in [0.2, 0.25) is 5.91 Å². The van der Waals surface area contributed by atoms with Gasteiger partial charge in [-0.3, -0.25) is 4.79 Å². The number of morpholine rings is 1. The second-order valence-corrected chi connectivity index (χ2v) is 4.93. The minimum atomic E-state index is -0.1000. The first kappa shape index (κ1) is 15.1. The maximum Gasteiger partial charge on any atom is 0.223 e. The fourth-order valence-electron chi connectivity index (χ4n) is 2.38. The van der Waals surface area contributed by atoms with Crippen LogP contribution in [0.15, 0.2) is 16.5 Å². The van der Waals surface area contributed by atoms with Crippen LogP contribution in [0.4, 0.5) is 0 Å². The number of ether oxygens (including phenoxy) is 2. The monoisotopic (exact) mass is 281 g/mol. The van der Waals surface area contributed by atoms with Gasteiger partial charge >= 0.3 is 0 Å². The Labute approximate surface area is 119 Å². The van der Waals surface area contributed by atoms with Crippen LogP contribution in [0.2, 0.25) is 0 Å². The molecule has 20 heavy (non-hydrogen) atoms. The highest BCUT2D eigenvalue weighted by molar-refractivity contribution is 5.76. The Morgan fingerprint density at radius 1 is 1.50 bits per heavy atom. The Morgan fingerprint density at radius 3 is 3.05 bits per heavy atom. The topological polar surface area (TPSA) is 51.9 Å². The smallest absolute Gasteiger partial charge is 0.223 e. The van der Waals surface area contributed by atoms with Gasteiger partial charge in [-0.2, -0.15) is 0 Å². The fraction of sp³-hybridized carbons (Fsp3) is 0.667. The van der Waals surface area contributed by atoms with Crippen molar-refractivity contribution in [1.82, 2.24) is 4.90 Å². The van der Waals surface area contributed by atoms with Gasteiger partial charge in [-0.25, -0.2) is 0 Å². The summed E-state index contributed by atoms with van der Waals surface area (Å²) < 4.78 is 16.4. The molecule has 2 rings (SSSR count). The molecule has 1 fully saturated rings. The Morgan fingerprint density at radius 2 is 2.35 bits per heavy atom. The van der Waals surface area contributed by atoms with Crippen molar-refractivity contribution in [2.75, 3.05) is 33.0 Å². The SMILES string of the molecule is CCOCCCC(=O)N1CCOCC1c1ccc(C)o1. The van der Waals surface area contributed by atoms with Crippen LogP contribution < -0.4 is 0 Å². The maximum atomic E-state index is 12.3. The van der Waals surface area contributed by atoms with Crippen LogP contribution in [0.1, 0.15) is 37.3 Å². The molecule has 1 aromatic rings. The molecule has 0 bridgehead atoms. The number of hydrogen-bond donors (Lipinski definition) is 0. The Hall–Kier alpha value is -1.33. The molecule has 0 saturated carbocycles. The van der Waals surface area contributed by atoms with E-state index in [1.165, 1.54) is 0 Å². The Balaban J connectivity index is 1.94. The minimum absolute atomic E-state index is 0.1000. The summed E-state index contributed by atoms with van der Waals surface area (Å²) in [6.45, 7) is 6.91. The van der Waals surface area contributed by atoms with Gasteiger partial charge in [0.05, 0.1) is 13.2 Å². The third kappa shape index (κ3) is 3.84. The Bertz CT molecular complexity index is 429. The molecular formula is C15H23NO4. The van der Waals surface area contributed by atoms with Crippen molar-refractivity contribution in [1.29, 1.82) is 0 Å². The molecular weight excluding hydrogens is 258 g/mol. The number of aryl methyl sites for hydroxylation is 1. The van der Waals surface area contributed by atoms with Crippen LogP contribution in [0.3, 0.4) is 0 Å². The van der Waals surface area contributed by atoms with Crippen LogP contribution in [-0.2, 0) is 14.3 Å². The molecule has 2 heterocycles. The van der Waals surface area contributed by atoms with Crippen LogP contribution >= 0.6 is 0 Å². The molecule has 1 aliphatic heterocycles. The number of carbonyl (C=O) groups is 1. The van der Waals surface area contributed by atoms with Gasteiger partial charge in [-0.05, 0) is 32.4 Å². The molecule has 0 aliphatic carbocycles. The number of furan rings is 1. The van der Waals surface area contributed by atoms with Gasteiger partial charge < -0.3 is 18.8 Å². The van der Waals surface area contributed by atoms with Crippen molar-refractivity contribution in [3.8, 4) is 0 Å². The number of hydrogen-bond acceptors (Lipinski definition) is 4. The molecule has 1 saturated heterocycles. The van der Waals surface area contributed by atoms with Gasteiger partial charge in [-0.1, -0.05) is 0 Å². The third-order valence-electron chi connectivity index (χ3n) is 3.42. The van der Waals surface area contributed by atoms with Crippen molar-refractivity contribution >= 4 is 5.91 Å². The van der Waals surface area contributed by atoms with E-state index < -0.39 is 0 Å². The van der Waals surface area contributed by atoms with E-state index in [2.05, 4.69) is 0 Å². The molecule has 1 atom stereocenters. The zero-order valence-corrected chi connectivity index (χ0v) is 12.3. The third-order valence-corrected chi connectivity index (χ3v) is 3.42. The molecule has 0 N–H and O–H groups in total. The number of nitrogens with zero attached hydrogens (tertiary/aromatic N) is 1. The lowest BCUT2D eigenvalue weighted by Gasteiger charge is -2.34. The van der Waals surface area contributed by atoms with E-state index in [0.29, 0.717) is 39.4 Å². The molecule has 5 nitrogen and oxygen atoms in total. The van der Waals surface area contributed by atoms with E-state index >= 15 is 0 Å². The van der Waals surface area contributed by atoms with Crippen molar-refractivity contribution < 1.29 is 18.7 Å². The second-order valence-electron chi connectivity index (χ2n) is 4.93. The predicted octanol–water partition coefficient (Wildman–Crippen LogP) is 2.30. The van der Waals surface area contributed by atoms with E-state index in [1.807, 2.05) is 30.9 Å². The average Bonchev–Trinajstić information content (AvgIpc) is 2.90. The van der Waals surface area contributed by atoms with Crippen LogP contribution in [0.25, 0.3) is 0 Å². The summed E-state index contributed by atoms with van der Waals surface area (Å²) in [5.74, 6) is 1.81. The summed E-state index contributed by atoms with van der Waals surface area (Å²) in [7, 11) is 0. The highest BCUT2D eigenvalue weighted by Gasteiger charge is 2.30. The molecule has 0 radical (unpaired) electrons. The van der Waals surface area contributed by atoms with Gasteiger partial charge in [0.15, 0.2) is 0 Å². The largest absolute Gasteiger partial charge is 0.464 e. The molecule has 1 aromatic heterocycles. The van der Waals surface area contributed by atoms with Gasteiger partial charge in [0.1, 0.15) is 17.6 Å². The van der Waals surface area contributed by atoms with Gasteiger partial charge in [-0.15, -0.1) is 0 Å². The lowest BCUT2D eigenvalue weighted by molar-refractivity contribution is -0.141. The van der Waals surface area contributed by atoms with E-state index in [1.54, 1.807) is 0 Å². The molecule has 1 aliphatic rings. The highest BCUT2D eigenvalue weighted by Crippen LogP contribution is 2.26. The normalized spacial score (nSPS) is 19.3. The summed E-state index contributed by atoms with van der Waals surface area (Å²) >= 11 is 0. The zero-order chi connectivity index (χ0) is 14.4. The summed E-state index contributed by atoms with van der Waals surface area (Å²) in [6, 6.07) is 3.74. The minimum Gasteiger partial charge on any atom is -0.464 e. The first-order chi connectivity index (χ1) is 9.72. The van der Waals surface area contributed by atoms with Crippen molar-refractivity contribution in [3.05, 3.63) is 23.7 Å². The molecule has 1 unspecified atom stereocenters. The van der Waals surface area contributed by atoms with E-state index in [0.717, 1.165) is 17.9 Å². The van der Waals surface area contributed by atoms with Gasteiger partial charge in [0.25, 0.3) is 0 Å². The average molecular weight is 281 g/mol. The highest BCUT2D eigenvalue weighted by atomic mass is 16.5. The van der Waals surface area contributed by atoms with E-state index in [9.17, 15) is 4.79 Å². The number of carbonyl (C=O) groups excluding carboxylic acids is 1. The lowest BCUT2D eigenvalue weighted by Crippen LogP contribution is -2.43. The summed E-state index contributed by atoms with van der Waals surface area (Å²) in [6.07, 6.45) is 1.27. The van der Waals surface area contributed by atoms with Crippen LogP contribution in [0, 0.1) is 6.92 Å². The standard InChI is InChI=1S/C15H23NO4/c1-3-18-9-4-5-15(17)16-8-10-19-11-13(16)14-7-6-12(2)20-14/h6-7,13H,3-5,8-11H2,1-2H3. The quantitative estimate of drug-likeness (QED) is 0.751. The van der Waals surface area contributed by atoms with Crippen molar-refractivity contribution in [3.63, 3.8) is 0 Å². The zero-order valence-electron chi connectivity index (χ0n) is 12.3. The summed E-state index contributed by atoms with van der Waals surface area (Å²) in [5, 5.41) is 0. The first-order valence-corrected chi connectivity index (χ1v) is 7.23. The maximum absolute atomic E-state index is 12.3. The molecule has 112 valence electrons. The van der Waals surface area contributed by atoms with Crippen LogP contribution in [-0.4, -0.2) is 43.8 Å². The predicted molar refractivity (Wildman–Crippen MR) is 74.4 cm³/mol. The Kier molecular flexibility index (Phi) is 5.61. The van der Waals surface area contributed by atoms with Gasteiger partial charge in [0, 0.05) is 26.2 Å².